The summed E-state index contributed by atoms with van der Waals surface area (Å²) in [6.07, 6.45) is 0. The van der Waals surface area contributed by atoms with Crippen molar-refractivity contribution in [3.63, 3.8) is 0 Å². The number of ketones is 1. The molecule has 0 amide bonds. The number of rotatable bonds is 1. The van der Waals surface area contributed by atoms with Gasteiger partial charge in [-0.2, -0.15) is 0 Å². The molecule has 0 spiro atoms. The maximum absolute atomic E-state index is 11.9. The molecule has 0 bridgehead atoms. The van der Waals surface area contributed by atoms with E-state index >= 15 is 0 Å². The molecule has 0 unspecified atom stereocenters. The topological polar surface area (TPSA) is 52.6 Å². The fourth-order valence-electron chi connectivity index (χ4n) is 1.61. The predicted octanol–water partition coefficient (Wildman–Crippen LogP) is 2.48. The van der Waals surface area contributed by atoms with Gasteiger partial charge in [-0.1, -0.05) is 0 Å². The third-order valence-electron chi connectivity index (χ3n) is 2.33. The summed E-state index contributed by atoms with van der Waals surface area (Å²) in [6.45, 7) is 4.94. The number of hydrogen-bond donors (Lipinski definition) is 0. The van der Waals surface area contributed by atoms with E-state index < -0.39 is 5.97 Å². The first-order valence-corrected chi connectivity index (χ1v) is 5.21. The van der Waals surface area contributed by atoms with Gasteiger partial charge in [0.05, 0.1) is 5.56 Å². The number of allylic oxidation sites excluding steroid dienone is 2. The summed E-state index contributed by atoms with van der Waals surface area (Å²) in [5.74, 6) is 0.620. The Bertz CT molecular complexity index is 536. The number of carbonyl (C=O) groups is 2. The van der Waals surface area contributed by atoms with E-state index in [9.17, 15) is 9.59 Å². The Hall–Kier alpha value is -2.10. The van der Waals surface area contributed by atoms with E-state index in [-0.39, 0.29) is 5.78 Å². The van der Waals surface area contributed by atoms with Gasteiger partial charge in [-0.3, -0.25) is 9.59 Å². The molecule has 88 valence electrons. The standard InChI is InChI=1S/C13H12O4/c1-7(2)13-12(15)10-5-4-9(16-8(3)14)6-11(10)17-13/h4-6H,1-3H3. The van der Waals surface area contributed by atoms with Gasteiger partial charge < -0.3 is 9.47 Å². The Morgan fingerprint density at radius 2 is 1.94 bits per heavy atom. The Morgan fingerprint density at radius 1 is 1.24 bits per heavy atom. The van der Waals surface area contributed by atoms with Gasteiger partial charge >= 0.3 is 5.97 Å². The fraction of sp³-hybridized carbons (Fsp3) is 0.231. The van der Waals surface area contributed by atoms with Crippen LogP contribution in [0.5, 0.6) is 11.5 Å². The number of benzene rings is 1. The monoisotopic (exact) mass is 232 g/mol. The highest BCUT2D eigenvalue weighted by molar-refractivity contribution is 6.12. The second kappa shape index (κ2) is 4.05. The molecule has 1 aromatic carbocycles. The largest absolute Gasteiger partial charge is 0.452 e. The molecule has 0 saturated heterocycles. The summed E-state index contributed by atoms with van der Waals surface area (Å²) in [5.41, 5.74) is 1.32. The zero-order valence-corrected chi connectivity index (χ0v) is 9.87. The van der Waals surface area contributed by atoms with E-state index in [4.69, 9.17) is 9.47 Å². The Kier molecular flexibility index (Phi) is 2.71. The molecule has 4 heteroatoms. The number of esters is 1. The van der Waals surface area contributed by atoms with Crippen molar-refractivity contribution < 1.29 is 19.1 Å². The van der Waals surface area contributed by atoms with Crippen LogP contribution in [-0.2, 0) is 4.79 Å². The van der Waals surface area contributed by atoms with E-state index in [0.717, 1.165) is 5.57 Å². The quantitative estimate of drug-likeness (QED) is 0.424. The highest BCUT2D eigenvalue weighted by Gasteiger charge is 2.28. The third kappa shape index (κ3) is 2.06. The second-order valence-electron chi connectivity index (χ2n) is 4.01. The van der Waals surface area contributed by atoms with Crippen molar-refractivity contribution in [3.8, 4) is 11.5 Å². The molecule has 1 aromatic rings. The van der Waals surface area contributed by atoms with Crippen LogP contribution < -0.4 is 9.47 Å². The van der Waals surface area contributed by atoms with Crippen molar-refractivity contribution in [1.82, 2.24) is 0 Å². The summed E-state index contributed by atoms with van der Waals surface area (Å²) in [4.78, 5) is 22.7. The van der Waals surface area contributed by atoms with Crippen molar-refractivity contribution in [2.24, 2.45) is 0 Å². The molecule has 0 fully saturated rings. The lowest BCUT2D eigenvalue weighted by Crippen LogP contribution is -2.01. The number of Topliss-reactive ketones (excluding diaryl/α,β-unsaturated/α-hetero) is 1. The first-order chi connectivity index (χ1) is 7.99. The lowest BCUT2D eigenvalue weighted by Gasteiger charge is -2.02. The van der Waals surface area contributed by atoms with Gasteiger partial charge in [-0.15, -0.1) is 0 Å². The van der Waals surface area contributed by atoms with Crippen LogP contribution in [0.25, 0.3) is 0 Å². The molecule has 0 atom stereocenters. The minimum absolute atomic E-state index is 0.130. The van der Waals surface area contributed by atoms with E-state index in [0.29, 0.717) is 22.8 Å². The first-order valence-electron chi connectivity index (χ1n) is 5.21. The number of fused-ring (bicyclic) bond motifs is 1. The third-order valence-corrected chi connectivity index (χ3v) is 2.33. The van der Waals surface area contributed by atoms with Gasteiger partial charge in [0.15, 0.2) is 5.76 Å². The molecule has 0 aliphatic carbocycles. The van der Waals surface area contributed by atoms with Crippen molar-refractivity contribution in [1.29, 1.82) is 0 Å². The van der Waals surface area contributed by atoms with E-state index in [1.165, 1.54) is 6.92 Å². The smallest absolute Gasteiger partial charge is 0.308 e. The Morgan fingerprint density at radius 3 is 2.53 bits per heavy atom. The molecule has 0 radical (unpaired) electrons. The molecular weight excluding hydrogens is 220 g/mol. The van der Waals surface area contributed by atoms with Crippen LogP contribution in [0, 0.1) is 0 Å². The SMILES string of the molecule is CC(=O)Oc1ccc2c(c1)OC(=C(C)C)C2=O. The fourth-order valence-corrected chi connectivity index (χ4v) is 1.61. The van der Waals surface area contributed by atoms with E-state index in [1.54, 1.807) is 18.2 Å². The molecule has 2 rings (SSSR count). The molecule has 0 N–H and O–H groups in total. The van der Waals surface area contributed by atoms with Crippen LogP contribution in [0.1, 0.15) is 31.1 Å². The molecule has 0 aromatic heterocycles. The Labute approximate surface area is 98.8 Å². The maximum atomic E-state index is 11.9. The van der Waals surface area contributed by atoms with Crippen LogP contribution in [0.15, 0.2) is 29.5 Å². The van der Waals surface area contributed by atoms with Crippen molar-refractivity contribution in [3.05, 3.63) is 35.1 Å². The normalized spacial score (nSPS) is 13.1. The summed E-state index contributed by atoms with van der Waals surface area (Å²) in [5, 5.41) is 0. The zero-order chi connectivity index (χ0) is 12.6. The molecule has 0 saturated carbocycles. The van der Waals surface area contributed by atoms with Crippen LogP contribution in [0.2, 0.25) is 0 Å². The molecule has 17 heavy (non-hydrogen) atoms. The van der Waals surface area contributed by atoms with Gasteiger partial charge in [0.25, 0.3) is 0 Å². The summed E-state index contributed by atoms with van der Waals surface area (Å²) >= 11 is 0. The van der Waals surface area contributed by atoms with Gasteiger partial charge in [0.1, 0.15) is 11.5 Å². The van der Waals surface area contributed by atoms with E-state index in [2.05, 4.69) is 0 Å². The first kappa shape index (κ1) is 11.4. The van der Waals surface area contributed by atoms with Gasteiger partial charge in [-0.05, 0) is 31.6 Å². The van der Waals surface area contributed by atoms with Crippen LogP contribution in [0.3, 0.4) is 0 Å². The predicted molar refractivity (Wildman–Crippen MR) is 61.1 cm³/mol. The van der Waals surface area contributed by atoms with Crippen LogP contribution >= 0.6 is 0 Å². The zero-order valence-electron chi connectivity index (χ0n) is 9.87. The molecular formula is C13H12O4. The summed E-state index contributed by atoms with van der Waals surface area (Å²) in [7, 11) is 0. The average molecular weight is 232 g/mol. The molecule has 1 aliphatic rings. The van der Waals surface area contributed by atoms with Crippen molar-refractivity contribution >= 4 is 11.8 Å². The maximum Gasteiger partial charge on any atom is 0.308 e. The van der Waals surface area contributed by atoms with E-state index in [1.807, 2.05) is 13.8 Å². The minimum Gasteiger partial charge on any atom is -0.452 e. The molecule has 1 aliphatic heterocycles. The van der Waals surface area contributed by atoms with Crippen molar-refractivity contribution in [2.45, 2.75) is 20.8 Å². The summed E-state index contributed by atoms with van der Waals surface area (Å²) in [6, 6.07) is 4.73. The number of ether oxygens (including phenoxy) is 2. The number of carbonyl (C=O) groups excluding carboxylic acids is 2. The average Bonchev–Trinajstić information content (AvgIpc) is 2.55. The summed E-state index contributed by atoms with van der Waals surface area (Å²) < 4.78 is 10.4. The minimum atomic E-state index is -0.406. The van der Waals surface area contributed by atoms with Crippen LogP contribution in [-0.4, -0.2) is 11.8 Å². The highest BCUT2D eigenvalue weighted by atomic mass is 16.5. The molecule has 1 heterocycles. The van der Waals surface area contributed by atoms with Crippen molar-refractivity contribution in [2.75, 3.05) is 0 Å². The second-order valence-corrected chi connectivity index (χ2v) is 4.01. The van der Waals surface area contributed by atoms with Gasteiger partial charge in [0, 0.05) is 13.0 Å². The number of hydrogen-bond acceptors (Lipinski definition) is 4. The lowest BCUT2D eigenvalue weighted by atomic mass is 10.1. The van der Waals surface area contributed by atoms with Crippen LogP contribution in [0.4, 0.5) is 0 Å². The molecule has 4 nitrogen and oxygen atoms in total. The van der Waals surface area contributed by atoms with Gasteiger partial charge in [-0.25, -0.2) is 0 Å². The lowest BCUT2D eigenvalue weighted by molar-refractivity contribution is -0.131. The van der Waals surface area contributed by atoms with Gasteiger partial charge in [0.2, 0.25) is 5.78 Å². The highest BCUT2D eigenvalue weighted by Crippen LogP contribution is 2.35. The Balaban J connectivity index is 2.39.